The van der Waals surface area contributed by atoms with Gasteiger partial charge in [0, 0.05) is 17.5 Å². The van der Waals surface area contributed by atoms with Crippen molar-refractivity contribution < 1.29 is 9.47 Å². The van der Waals surface area contributed by atoms with Gasteiger partial charge in [0.15, 0.2) is 0 Å². The van der Waals surface area contributed by atoms with Gasteiger partial charge in [0.05, 0.1) is 11.6 Å². The van der Waals surface area contributed by atoms with Gasteiger partial charge < -0.3 is 15.2 Å². The first-order valence-corrected chi connectivity index (χ1v) is 9.70. The van der Waals surface area contributed by atoms with Crippen LogP contribution >= 0.6 is 0 Å². The van der Waals surface area contributed by atoms with Gasteiger partial charge >= 0.3 is 0 Å². The summed E-state index contributed by atoms with van der Waals surface area (Å²) in [6, 6.07) is 16.0. The van der Waals surface area contributed by atoms with Crippen LogP contribution in [0.4, 0.5) is 0 Å². The van der Waals surface area contributed by atoms with Gasteiger partial charge in [-0.15, -0.1) is 0 Å². The molecule has 1 saturated carbocycles. The second-order valence-corrected chi connectivity index (χ2v) is 7.44. The molecule has 0 spiro atoms. The third-order valence-corrected chi connectivity index (χ3v) is 5.18. The Balaban J connectivity index is 1.51. The zero-order valence-corrected chi connectivity index (χ0v) is 15.9. The topological polar surface area (TPSA) is 57.4 Å². The molecule has 1 aliphatic carbocycles. The van der Waals surface area contributed by atoms with Crippen LogP contribution in [0.25, 0.3) is 10.9 Å². The maximum atomic E-state index is 6.07. The fraction of sp³-hybridized carbons (Fsp3) is 0.348. The van der Waals surface area contributed by atoms with Crippen molar-refractivity contribution in [1.29, 1.82) is 0 Å². The Morgan fingerprint density at radius 1 is 1.04 bits per heavy atom. The molecule has 1 aromatic heterocycles. The Labute approximate surface area is 160 Å². The van der Waals surface area contributed by atoms with Crippen LogP contribution in [0.1, 0.15) is 49.8 Å². The summed E-state index contributed by atoms with van der Waals surface area (Å²) in [6.45, 7) is 4.02. The third-order valence-electron chi connectivity index (χ3n) is 5.18. The van der Waals surface area contributed by atoms with Gasteiger partial charge in [-0.3, -0.25) is 0 Å². The lowest BCUT2D eigenvalue weighted by Gasteiger charge is -2.15. The van der Waals surface area contributed by atoms with E-state index in [-0.39, 0.29) is 6.04 Å². The van der Waals surface area contributed by atoms with Crippen LogP contribution in [0.5, 0.6) is 17.4 Å². The minimum atomic E-state index is 0.0120. The number of nitrogens with two attached hydrogens (primary N) is 1. The highest BCUT2D eigenvalue weighted by atomic mass is 16.5. The molecular weight excluding hydrogens is 336 g/mol. The van der Waals surface area contributed by atoms with Crippen molar-refractivity contribution in [2.24, 2.45) is 5.73 Å². The number of benzene rings is 2. The minimum Gasteiger partial charge on any atom is -0.490 e. The van der Waals surface area contributed by atoms with E-state index in [1.54, 1.807) is 0 Å². The first kappa shape index (κ1) is 17.8. The normalized spacial score (nSPS) is 15.8. The summed E-state index contributed by atoms with van der Waals surface area (Å²) in [5, 5.41) is 1.06. The van der Waals surface area contributed by atoms with Gasteiger partial charge in [-0.2, -0.15) is 0 Å². The fourth-order valence-corrected chi connectivity index (χ4v) is 3.59. The van der Waals surface area contributed by atoms with E-state index in [0.717, 1.165) is 46.4 Å². The van der Waals surface area contributed by atoms with Crippen LogP contribution in [0.15, 0.2) is 48.5 Å². The van der Waals surface area contributed by atoms with Crippen LogP contribution in [0.3, 0.4) is 0 Å². The largest absolute Gasteiger partial charge is 0.490 e. The van der Waals surface area contributed by atoms with Gasteiger partial charge in [0.25, 0.3) is 0 Å². The zero-order chi connectivity index (χ0) is 18.8. The Hall–Kier alpha value is -2.59. The highest BCUT2D eigenvalue weighted by Gasteiger charge is 2.17. The second kappa shape index (κ2) is 7.57. The molecule has 2 aromatic carbocycles. The molecule has 3 aromatic rings. The summed E-state index contributed by atoms with van der Waals surface area (Å²) >= 11 is 0. The van der Waals surface area contributed by atoms with Crippen LogP contribution in [-0.4, -0.2) is 11.1 Å². The number of aromatic nitrogens is 1. The first-order chi connectivity index (χ1) is 13.1. The summed E-state index contributed by atoms with van der Waals surface area (Å²) in [4.78, 5) is 4.62. The Morgan fingerprint density at radius 2 is 1.85 bits per heavy atom. The molecule has 0 amide bonds. The van der Waals surface area contributed by atoms with Crippen molar-refractivity contribution in [3.63, 3.8) is 0 Å². The average Bonchev–Trinajstić information content (AvgIpc) is 3.16. The number of pyridine rings is 1. The van der Waals surface area contributed by atoms with Crippen LogP contribution in [-0.2, 0) is 0 Å². The SMILES string of the molecule is Cc1cc(OC2CCCC2)ccc1Oc1ccc2cc(C(C)N)ccc2n1. The number of hydrogen-bond donors (Lipinski definition) is 1. The third kappa shape index (κ3) is 4.06. The quantitative estimate of drug-likeness (QED) is 0.635. The molecule has 27 heavy (non-hydrogen) atoms. The maximum Gasteiger partial charge on any atom is 0.219 e. The summed E-state index contributed by atoms with van der Waals surface area (Å²) in [5.74, 6) is 2.30. The molecule has 1 aliphatic rings. The van der Waals surface area contributed by atoms with Crippen molar-refractivity contribution in [1.82, 2.24) is 4.98 Å². The highest BCUT2D eigenvalue weighted by molar-refractivity contribution is 5.80. The van der Waals surface area contributed by atoms with E-state index in [1.807, 2.05) is 56.3 Å². The van der Waals surface area contributed by atoms with Gasteiger partial charge in [0.2, 0.25) is 5.88 Å². The van der Waals surface area contributed by atoms with E-state index in [2.05, 4.69) is 11.1 Å². The lowest BCUT2D eigenvalue weighted by Crippen LogP contribution is -2.10. The van der Waals surface area contributed by atoms with Crippen molar-refractivity contribution >= 4 is 10.9 Å². The molecule has 2 N–H and O–H groups in total. The van der Waals surface area contributed by atoms with Gasteiger partial charge in [-0.05, 0) is 87.1 Å². The Bertz CT molecular complexity index is 946. The molecule has 4 heteroatoms. The number of fused-ring (bicyclic) bond motifs is 1. The zero-order valence-electron chi connectivity index (χ0n) is 15.9. The van der Waals surface area contributed by atoms with Gasteiger partial charge in [-0.1, -0.05) is 6.07 Å². The van der Waals surface area contributed by atoms with E-state index < -0.39 is 0 Å². The summed E-state index contributed by atoms with van der Waals surface area (Å²) in [5.41, 5.74) is 9.01. The smallest absolute Gasteiger partial charge is 0.219 e. The molecule has 4 nitrogen and oxygen atoms in total. The van der Waals surface area contributed by atoms with Gasteiger partial charge in [-0.25, -0.2) is 4.98 Å². The maximum absolute atomic E-state index is 6.07. The second-order valence-electron chi connectivity index (χ2n) is 7.44. The van der Waals surface area contributed by atoms with Crippen LogP contribution < -0.4 is 15.2 Å². The Kier molecular flexibility index (Phi) is 4.99. The molecule has 1 atom stereocenters. The van der Waals surface area contributed by atoms with E-state index in [0.29, 0.717) is 12.0 Å². The summed E-state index contributed by atoms with van der Waals surface area (Å²) < 4.78 is 12.1. The van der Waals surface area contributed by atoms with Crippen molar-refractivity contribution in [3.8, 4) is 17.4 Å². The van der Waals surface area contributed by atoms with Crippen LogP contribution in [0, 0.1) is 6.92 Å². The van der Waals surface area contributed by atoms with Crippen molar-refractivity contribution in [3.05, 3.63) is 59.7 Å². The van der Waals surface area contributed by atoms with E-state index in [1.165, 1.54) is 12.8 Å². The van der Waals surface area contributed by atoms with E-state index in [4.69, 9.17) is 15.2 Å². The first-order valence-electron chi connectivity index (χ1n) is 9.70. The molecule has 0 saturated heterocycles. The average molecular weight is 362 g/mol. The van der Waals surface area contributed by atoms with Crippen LogP contribution in [0.2, 0.25) is 0 Å². The summed E-state index contributed by atoms with van der Waals surface area (Å²) in [6.07, 6.45) is 5.21. The predicted octanol–water partition coefficient (Wildman–Crippen LogP) is 5.68. The molecule has 140 valence electrons. The standard InChI is InChI=1S/C23H26N2O2/c1-15-13-20(26-19-5-3-4-6-19)9-11-22(15)27-23-12-8-18-14-17(16(2)24)7-10-21(18)25-23/h7-14,16,19H,3-6,24H2,1-2H3. The molecule has 0 radical (unpaired) electrons. The molecular formula is C23H26N2O2. The molecule has 0 aliphatic heterocycles. The lowest BCUT2D eigenvalue weighted by atomic mass is 10.1. The number of rotatable bonds is 5. The molecule has 1 fully saturated rings. The monoisotopic (exact) mass is 362 g/mol. The van der Waals surface area contributed by atoms with Gasteiger partial charge in [0.1, 0.15) is 11.5 Å². The Morgan fingerprint density at radius 3 is 2.59 bits per heavy atom. The lowest BCUT2D eigenvalue weighted by molar-refractivity contribution is 0.209. The van der Waals surface area contributed by atoms with Crippen molar-refractivity contribution in [2.75, 3.05) is 0 Å². The molecule has 4 rings (SSSR count). The number of nitrogens with zero attached hydrogens (tertiary/aromatic N) is 1. The highest BCUT2D eigenvalue weighted by Crippen LogP contribution is 2.31. The summed E-state index contributed by atoms with van der Waals surface area (Å²) in [7, 11) is 0. The number of ether oxygens (including phenoxy) is 2. The van der Waals surface area contributed by atoms with E-state index in [9.17, 15) is 0 Å². The molecule has 1 unspecified atom stereocenters. The fourth-order valence-electron chi connectivity index (χ4n) is 3.59. The predicted molar refractivity (Wildman–Crippen MR) is 108 cm³/mol. The number of hydrogen-bond acceptors (Lipinski definition) is 4. The number of aryl methyl sites for hydroxylation is 1. The van der Waals surface area contributed by atoms with E-state index >= 15 is 0 Å². The molecule has 1 heterocycles. The van der Waals surface area contributed by atoms with Crippen molar-refractivity contribution in [2.45, 2.75) is 51.7 Å². The minimum absolute atomic E-state index is 0.0120. The molecule has 0 bridgehead atoms.